The Morgan fingerprint density at radius 2 is 1.33 bits per heavy atom. The van der Waals surface area contributed by atoms with Gasteiger partial charge in [0, 0.05) is 0 Å². The van der Waals surface area contributed by atoms with Crippen molar-refractivity contribution < 1.29 is 0 Å². The molecule has 0 nitrogen and oxygen atoms in total. The fourth-order valence-electron chi connectivity index (χ4n) is 3.74. The second-order valence-corrected chi connectivity index (χ2v) is 6.22. The highest BCUT2D eigenvalue weighted by atomic mass is 14.3. The molecule has 0 heterocycles. The Bertz CT molecular complexity index is 173. The molecule has 0 aliphatic heterocycles. The van der Waals surface area contributed by atoms with Gasteiger partial charge in [-0.3, -0.25) is 0 Å². The first-order chi connectivity index (χ1) is 8.65. The Hall–Kier alpha value is 0. The van der Waals surface area contributed by atoms with Gasteiger partial charge in [-0.25, -0.2) is 0 Å². The van der Waals surface area contributed by atoms with Crippen molar-refractivity contribution in [3.8, 4) is 0 Å². The van der Waals surface area contributed by atoms with Crippen molar-refractivity contribution in [3.05, 3.63) is 0 Å². The lowest BCUT2D eigenvalue weighted by Gasteiger charge is -2.36. The molecule has 0 saturated carbocycles. The van der Waals surface area contributed by atoms with Crippen LogP contribution in [0, 0.1) is 23.7 Å². The normalized spacial score (nSPS) is 18.3. The van der Waals surface area contributed by atoms with Crippen LogP contribution in [-0.4, -0.2) is 0 Å². The van der Waals surface area contributed by atoms with E-state index in [2.05, 4.69) is 41.5 Å². The summed E-state index contributed by atoms with van der Waals surface area (Å²) in [7, 11) is 0. The van der Waals surface area contributed by atoms with Gasteiger partial charge in [0.2, 0.25) is 0 Å². The van der Waals surface area contributed by atoms with Crippen LogP contribution in [0.15, 0.2) is 0 Å². The molecule has 0 saturated heterocycles. The predicted molar refractivity (Wildman–Crippen MR) is 84.9 cm³/mol. The van der Waals surface area contributed by atoms with E-state index in [4.69, 9.17) is 0 Å². The molecule has 0 rings (SSSR count). The number of hydrogen-bond donors (Lipinski definition) is 0. The standard InChI is InChI=1S/C18H38/c1-7-12-14-18(15(6)9-3)17(11-5)16(10-4)13-8-2/h15-18H,7-14H2,1-6H3. The van der Waals surface area contributed by atoms with Crippen molar-refractivity contribution in [3.63, 3.8) is 0 Å². The molecular weight excluding hydrogens is 216 g/mol. The first-order valence-electron chi connectivity index (χ1n) is 8.65. The van der Waals surface area contributed by atoms with Crippen LogP contribution in [0.4, 0.5) is 0 Å². The average Bonchev–Trinajstić information content (AvgIpc) is 2.40. The summed E-state index contributed by atoms with van der Waals surface area (Å²) in [5.41, 5.74) is 0. The third-order valence-corrected chi connectivity index (χ3v) is 5.08. The molecule has 0 aromatic carbocycles. The molecule has 0 aromatic rings. The summed E-state index contributed by atoms with van der Waals surface area (Å²) < 4.78 is 0. The quantitative estimate of drug-likeness (QED) is 0.385. The molecule has 0 aromatic heterocycles. The topological polar surface area (TPSA) is 0 Å². The van der Waals surface area contributed by atoms with Crippen LogP contribution >= 0.6 is 0 Å². The van der Waals surface area contributed by atoms with E-state index in [1.54, 1.807) is 0 Å². The molecule has 0 heteroatoms. The molecule has 4 atom stereocenters. The maximum atomic E-state index is 2.49. The van der Waals surface area contributed by atoms with E-state index in [0.29, 0.717) is 0 Å². The van der Waals surface area contributed by atoms with Crippen molar-refractivity contribution >= 4 is 0 Å². The highest BCUT2D eigenvalue weighted by Crippen LogP contribution is 2.38. The summed E-state index contributed by atoms with van der Waals surface area (Å²) >= 11 is 0. The molecule has 110 valence electrons. The number of hydrogen-bond acceptors (Lipinski definition) is 0. The zero-order valence-electron chi connectivity index (χ0n) is 14.0. The van der Waals surface area contributed by atoms with Gasteiger partial charge in [-0.1, -0.05) is 86.5 Å². The maximum absolute atomic E-state index is 2.49. The molecule has 18 heavy (non-hydrogen) atoms. The minimum atomic E-state index is 0.910. The lowest BCUT2D eigenvalue weighted by atomic mass is 9.69. The second kappa shape index (κ2) is 10.9. The van der Waals surface area contributed by atoms with E-state index in [1.807, 2.05) is 0 Å². The van der Waals surface area contributed by atoms with Crippen LogP contribution in [0.25, 0.3) is 0 Å². The summed E-state index contributed by atoms with van der Waals surface area (Å²) in [5, 5.41) is 0. The zero-order valence-corrected chi connectivity index (χ0v) is 14.0. The van der Waals surface area contributed by atoms with E-state index < -0.39 is 0 Å². The molecule has 0 N–H and O–H groups in total. The monoisotopic (exact) mass is 254 g/mol. The highest BCUT2D eigenvalue weighted by Gasteiger charge is 2.29. The van der Waals surface area contributed by atoms with E-state index in [0.717, 1.165) is 23.7 Å². The van der Waals surface area contributed by atoms with Crippen LogP contribution in [0.5, 0.6) is 0 Å². The SMILES string of the molecule is CCCCC(C(C)CC)C(CC)C(CC)CCC. The van der Waals surface area contributed by atoms with Crippen LogP contribution in [0.2, 0.25) is 0 Å². The molecule has 0 bridgehead atoms. The van der Waals surface area contributed by atoms with Gasteiger partial charge in [0.15, 0.2) is 0 Å². The minimum absolute atomic E-state index is 0.910. The lowest BCUT2D eigenvalue weighted by Crippen LogP contribution is -2.27. The largest absolute Gasteiger partial charge is 0.0654 e. The Kier molecular flexibility index (Phi) is 10.9. The van der Waals surface area contributed by atoms with Gasteiger partial charge in [-0.2, -0.15) is 0 Å². The zero-order chi connectivity index (χ0) is 14.0. The average molecular weight is 255 g/mol. The smallest absolute Gasteiger partial charge is 0.0358 e. The van der Waals surface area contributed by atoms with Gasteiger partial charge in [-0.15, -0.1) is 0 Å². The van der Waals surface area contributed by atoms with Crippen molar-refractivity contribution in [2.75, 3.05) is 0 Å². The Morgan fingerprint density at radius 3 is 1.72 bits per heavy atom. The van der Waals surface area contributed by atoms with E-state index >= 15 is 0 Å². The highest BCUT2D eigenvalue weighted by molar-refractivity contribution is 4.79. The third kappa shape index (κ3) is 5.76. The van der Waals surface area contributed by atoms with Gasteiger partial charge >= 0.3 is 0 Å². The van der Waals surface area contributed by atoms with Crippen LogP contribution in [-0.2, 0) is 0 Å². The van der Waals surface area contributed by atoms with Gasteiger partial charge in [0.05, 0.1) is 0 Å². The molecule has 4 unspecified atom stereocenters. The van der Waals surface area contributed by atoms with Crippen molar-refractivity contribution in [1.82, 2.24) is 0 Å². The third-order valence-electron chi connectivity index (χ3n) is 5.08. The number of rotatable bonds is 11. The van der Waals surface area contributed by atoms with Crippen LogP contribution in [0.1, 0.15) is 92.9 Å². The summed E-state index contributed by atoms with van der Waals surface area (Å²) in [4.78, 5) is 0. The van der Waals surface area contributed by atoms with Gasteiger partial charge in [-0.05, 0) is 30.1 Å². The fraction of sp³-hybridized carbons (Fsp3) is 1.00. The van der Waals surface area contributed by atoms with E-state index in [9.17, 15) is 0 Å². The first kappa shape index (κ1) is 18.0. The van der Waals surface area contributed by atoms with E-state index in [1.165, 1.54) is 51.4 Å². The Labute approximate surface area is 117 Å². The van der Waals surface area contributed by atoms with Crippen LogP contribution < -0.4 is 0 Å². The molecule has 0 aliphatic carbocycles. The molecule has 0 aliphatic rings. The van der Waals surface area contributed by atoms with Crippen LogP contribution in [0.3, 0.4) is 0 Å². The summed E-state index contributed by atoms with van der Waals surface area (Å²) in [6.45, 7) is 14.4. The molecule has 0 amide bonds. The van der Waals surface area contributed by atoms with Crippen molar-refractivity contribution in [2.24, 2.45) is 23.7 Å². The molecule has 0 radical (unpaired) electrons. The maximum Gasteiger partial charge on any atom is -0.0358 e. The molecule has 0 fully saturated rings. The van der Waals surface area contributed by atoms with Gasteiger partial charge in [0.1, 0.15) is 0 Å². The fourth-order valence-corrected chi connectivity index (χ4v) is 3.74. The molecular formula is C18H38. The molecule has 0 spiro atoms. The van der Waals surface area contributed by atoms with Gasteiger partial charge < -0.3 is 0 Å². The first-order valence-corrected chi connectivity index (χ1v) is 8.65. The minimum Gasteiger partial charge on any atom is -0.0654 e. The van der Waals surface area contributed by atoms with Gasteiger partial charge in [0.25, 0.3) is 0 Å². The Balaban J connectivity index is 4.75. The lowest BCUT2D eigenvalue weighted by molar-refractivity contribution is 0.136. The van der Waals surface area contributed by atoms with Crippen molar-refractivity contribution in [2.45, 2.75) is 92.9 Å². The summed E-state index contributed by atoms with van der Waals surface area (Å²) in [6, 6.07) is 0. The number of unbranched alkanes of at least 4 members (excludes halogenated alkanes) is 1. The second-order valence-electron chi connectivity index (χ2n) is 6.22. The predicted octanol–water partition coefficient (Wildman–Crippen LogP) is 6.69. The summed E-state index contributed by atoms with van der Waals surface area (Å²) in [5.74, 6) is 3.82. The Morgan fingerprint density at radius 1 is 0.667 bits per heavy atom. The van der Waals surface area contributed by atoms with E-state index in [-0.39, 0.29) is 0 Å². The van der Waals surface area contributed by atoms with Crippen molar-refractivity contribution in [1.29, 1.82) is 0 Å². The summed E-state index contributed by atoms with van der Waals surface area (Å²) in [6.07, 6.45) is 11.2.